The zero-order valence-corrected chi connectivity index (χ0v) is 36.0. The van der Waals surface area contributed by atoms with E-state index in [1.807, 2.05) is 84.9 Å². The highest BCUT2D eigenvalue weighted by molar-refractivity contribution is 5.65. The monoisotopic (exact) mass is 837 g/mol. The Morgan fingerprint density at radius 3 is 1.37 bits per heavy atom. The van der Waals surface area contributed by atoms with Crippen molar-refractivity contribution in [1.82, 2.24) is 4.57 Å². The molecule has 3 aromatic heterocycles. The summed E-state index contributed by atoms with van der Waals surface area (Å²) in [7, 11) is 0. The second-order valence-electron chi connectivity index (χ2n) is 16.3. The summed E-state index contributed by atoms with van der Waals surface area (Å²) in [5.74, 6) is 1.66. The van der Waals surface area contributed by atoms with Crippen LogP contribution in [0.25, 0.3) is 0 Å². The van der Waals surface area contributed by atoms with E-state index in [0.717, 1.165) is 111 Å². The van der Waals surface area contributed by atoms with Crippen LogP contribution in [0.1, 0.15) is 38.5 Å². The van der Waals surface area contributed by atoms with Crippen molar-refractivity contribution in [3.8, 4) is 0 Å². The molecule has 0 amide bonds. The Labute approximate surface area is 370 Å². The van der Waals surface area contributed by atoms with Gasteiger partial charge in [-0.05, 0) is 145 Å². The molecule has 2 aliphatic heterocycles. The van der Waals surface area contributed by atoms with Gasteiger partial charge in [-0.2, -0.15) is 0 Å². The molecular weight excluding hydrogens is 781 g/mol. The zero-order valence-electron chi connectivity index (χ0n) is 36.0. The van der Waals surface area contributed by atoms with Gasteiger partial charge in [0.05, 0.1) is 48.8 Å². The highest BCUT2D eigenvalue weighted by Crippen LogP contribution is 2.27. The lowest BCUT2D eigenvalue weighted by molar-refractivity contribution is -0.721. The van der Waals surface area contributed by atoms with Gasteiger partial charge in [0.25, 0.3) is 0 Å². The second-order valence-corrected chi connectivity index (χ2v) is 16.3. The minimum atomic E-state index is 0.813. The molecule has 9 rings (SSSR count). The first-order valence-electron chi connectivity index (χ1n) is 22.5. The molecule has 4 aromatic carbocycles. The number of hydrogen-bond donors (Lipinski definition) is 2. The van der Waals surface area contributed by atoms with Gasteiger partial charge in [-0.3, -0.25) is 0 Å². The van der Waals surface area contributed by atoms with Crippen LogP contribution in [-0.4, -0.2) is 30.7 Å². The van der Waals surface area contributed by atoms with E-state index in [4.69, 9.17) is 0 Å². The quantitative estimate of drug-likeness (QED) is 0.0664. The Balaban J connectivity index is 0.710. The van der Waals surface area contributed by atoms with E-state index in [9.17, 15) is 0 Å². The topological polar surface area (TPSA) is 96.5 Å². The van der Waals surface area contributed by atoms with Crippen molar-refractivity contribution < 1.29 is 13.7 Å². The third-order valence-corrected chi connectivity index (χ3v) is 11.7. The molecule has 12 nitrogen and oxygen atoms in total. The third kappa shape index (κ3) is 11.4. The normalized spacial score (nSPS) is 14.0. The predicted molar refractivity (Wildman–Crippen MR) is 251 cm³/mol. The number of anilines is 6. The lowest BCUT2D eigenvalue weighted by Gasteiger charge is -2.18. The van der Waals surface area contributed by atoms with Gasteiger partial charge in [-0.25, -0.2) is 18.3 Å². The first-order valence-corrected chi connectivity index (χ1v) is 22.5. The molecule has 0 atom stereocenters. The minimum Gasteiger partial charge on any atom is -0.372 e. The molecule has 0 bridgehead atoms. The van der Waals surface area contributed by atoms with E-state index in [0.29, 0.717) is 0 Å². The van der Waals surface area contributed by atoms with Crippen molar-refractivity contribution in [2.45, 2.75) is 64.7 Å². The molecule has 0 saturated carbocycles. The molecule has 12 heteroatoms. The van der Waals surface area contributed by atoms with Gasteiger partial charge in [-0.1, -0.05) is 12.1 Å². The van der Waals surface area contributed by atoms with Crippen molar-refractivity contribution in [1.29, 1.82) is 0 Å². The summed E-state index contributed by atoms with van der Waals surface area (Å²) in [6, 6.07) is 45.7. The van der Waals surface area contributed by atoms with Crippen LogP contribution in [0.15, 0.2) is 185 Å². The van der Waals surface area contributed by atoms with E-state index in [1.54, 1.807) is 0 Å². The minimum absolute atomic E-state index is 0.813. The Kier molecular flexibility index (Phi) is 13.4. The summed E-state index contributed by atoms with van der Waals surface area (Å²) in [6.07, 6.45) is 17.7. The van der Waals surface area contributed by atoms with Crippen LogP contribution >= 0.6 is 0 Å². The first kappa shape index (κ1) is 41.2. The molecule has 2 saturated heterocycles. The number of imidazole rings is 1. The van der Waals surface area contributed by atoms with E-state index >= 15 is 0 Å². The van der Waals surface area contributed by atoms with Crippen molar-refractivity contribution in [3.05, 3.63) is 165 Å². The summed E-state index contributed by atoms with van der Waals surface area (Å²) in [6.45, 7) is 8.09. The molecule has 318 valence electrons. The van der Waals surface area contributed by atoms with Crippen molar-refractivity contribution in [3.63, 3.8) is 0 Å². The average molecular weight is 838 g/mol. The Morgan fingerprint density at radius 1 is 0.444 bits per heavy atom. The fraction of sp³-hybridized carbons (Fsp3) is 0.275. The molecule has 2 aliphatic rings. The molecule has 5 heterocycles. The summed E-state index contributed by atoms with van der Waals surface area (Å²) >= 11 is 0. The SMILES string of the molecule is c1cc[n+](CCCn2cc[n+](CCC[n+]3ccccc3/N=N/c3ccc(Nc4ccc(N5CCCC5)cc4)cc3)c2)c(/N=N/c2ccc(Nc3ccc(N4CCCC4)cc3)cc2)c1. The van der Waals surface area contributed by atoms with Crippen LogP contribution in [0.4, 0.5) is 57.1 Å². The van der Waals surface area contributed by atoms with Crippen molar-refractivity contribution in [2.24, 2.45) is 20.5 Å². The molecule has 63 heavy (non-hydrogen) atoms. The molecular formula is C51H57N12+3. The number of hydrogen-bond acceptors (Lipinski definition) is 8. The standard InChI is InChI=1S/C51H55N12/c1-3-35-62(50(11-1)56-54-46-17-13-42(14-18-46)52-44-21-25-48(26-22-44)60-31-5-6-32-60)37-9-29-58-39-40-59(41-58)30-10-38-63-36-4-2-12-51(63)57-55-47-19-15-43(16-20-47)53-45-23-27-49(28-24-45)61-33-7-8-34-61/h1-4,11-28,35-36,39-41H,5-10,29-34,37-38H2/q+1/p+2. The molecule has 0 aliphatic carbocycles. The molecule has 0 spiro atoms. The van der Waals surface area contributed by atoms with Crippen molar-refractivity contribution >= 4 is 57.1 Å². The van der Waals surface area contributed by atoms with Gasteiger partial charge in [0.15, 0.2) is 0 Å². The number of benzene rings is 4. The van der Waals surface area contributed by atoms with Gasteiger partial charge in [0, 0.05) is 85.3 Å². The molecule has 2 fully saturated rings. The van der Waals surface area contributed by atoms with Crippen LogP contribution in [0.3, 0.4) is 0 Å². The second kappa shape index (κ2) is 20.6. The van der Waals surface area contributed by atoms with Gasteiger partial charge >= 0.3 is 11.6 Å². The third-order valence-electron chi connectivity index (χ3n) is 11.7. The number of azo groups is 2. The van der Waals surface area contributed by atoms with Crippen LogP contribution in [0.2, 0.25) is 0 Å². The highest BCUT2D eigenvalue weighted by Gasteiger charge is 2.15. The maximum absolute atomic E-state index is 4.62. The lowest BCUT2D eigenvalue weighted by Crippen LogP contribution is -2.38. The van der Waals surface area contributed by atoms with Crippen molar-refractivity contribution in [2.75, 3.05) is 46.6 Å². The number of rotatable bonds is 18. The van der Waals surface area contributed by atoms with Crippen LogP contribution in [0, 0.1) is 0 Å². The van der Waals surface area contributed by atoms with Gasteiger partial charge in [0.2, 0.25) is 6.33 Å². The molecule has 0 unspecified atom stereocenters. The van der Waals surface area contributed by atoms with Gasteiger partial charge in [-0.15, -0.1) is 0 Å². The average Bonchev–Trinajstić information content (AvgIpc) is 4.16. The van der Waals surface area contributed by atoms with Gasteiger partial charge in [0.1, 0.15) is 23.8 Å². The largest absolute Gasteiger partial charge is 0.372 e. The van der Waals surface area contributed by atoms with Gasteiger partial charge < -0.3 is 20.4 Å². The first-order chi connectivity index (χ1) is 31.2. The van der Waals surface area contributed by atoms with E-state index in [-0.39, 0.29) is 0 Å². The zero-order chi connectivity index (χ0) is 42.5. The smallest absolute Gasteiger partial charge is 0.350 e. The fourth-order valence-electron chi connectivity index (χ4n) is 8.28. The number of aryl methyl sites for hydroxylation is 4. The van der Waals surface area contributed by atoms with E-state index in [1.165, 1.54) is 37.1 Å². The maximum atomic E-state index is 4.62. The number of aromatic nitrogens is 4. The summed E-state index contributed by atoms with van der Waals surface area (Å²) in [5.41, 5.74) is 8.41. The van der Waals surface area contributed by atoms with Crippen LogP contribution in [0.5, 0.6) is 0 Å². The Morgan fingerprint density at radius 2 is 0.889 bits per heavy atom. The molecule has 0 radical (unpaired) electrons. The summed E-state index contributed by atoms with van der Waals surface area (Å²) in [5, 5.41) is 25.4. The lowest BCUT2D eigenvalue weighted by atomic mass is 10.2. The molecule has 2 N–H and O–H groups in total. The number of nitrogens with zero attached hydrogens (tertiary/aromatic N) is 10. The summed E-state index contributed by atoms with van der Waals surface area (Å²) in [4.78, 5) is 4.90. The molecule has 7 aromatic rings. The van der Waals surface area contributed by atoms with E-state index < -0.39 is 0 Å². The Hall–Kier alpha value is -7.21. The maximum Gasteiger partial charge on any atom is 0.350 e. The predicted octanol–water partition coefficient (Wildman–Crippen LogP) is 11.0. The van der Waals surface area contributed by atoms with Crippen LogP contribution in [-0.2, 0) is 26.2 Å². The van der Waals surface area contributed by atoms with Crippen LogP contribution < -0.4 is 34.1 Å². The Bertz CT molecular complexity index is 2390. The summed E-state index contributed by atoms with van der Waals surface area (Å²) < 4.78 is 8.83. The highest BCUT2D eigenvalue weighted by atomic mass is 15.2. The number of nitrogens with one attached hydrogen (secondary N) is 2. The fourth-order valence-corrected chi connectivity index (χ4v) is 8.28. The van der Waals surface area contributed by atoms with E-state index in [2.05, 4.69) is 139 Å². The number of pyridine rings is 2.